The van der Waals surface area contributed by atoms with E-state index in [1.807, 2.05) is 36.5 Å². The monoisotopic (exact) mass is 364 g/mol. The fraction of sp³-hybridized carbons (Fsp3) is 0.350. The van der Waals surface area contributed by atoms with E-state index in [-0.39, 0.29) is 5.91 Å². The Morgan fingerprint density at radius 1 is 1.11 bits per heavy atom. The number of rotatable bonds is 2. The van der Waals surface area contributed by atoms with Crippen LogP contribution in [0.25, 0.3) is 11.0 Å². The molecule has 0 N–H and O–H groups in total. The number of furan rings is 1. The van der Waals surface area contributed by atoms with Gasteiger partial charge in [0.15, 0.2) is 5.76 Å². The summed E-state index contributed by atoms with van der Waals surface area (Å²) in [4.78, 5) is 26.1. The molecule has 1 amide bonds. The molecule has 7 nitrogen and oxygen atoms in total. The van der Waals surface area contributed by atoms with E-state index in [1.165, 1.54) is 0 Å². The van der Waals surface area contributed by atoms with Gasteiger partial charge in [-0.15, -0.1) is 0 Å². The van der Waals surface area contributed by atoms with Crippen molar-refractivity contribution in [1.29, 1.82) is 0 Å². The molecule has 0 aliphatic carbocycles. The number of ether oxygens (including phenoxy) is 1. The fourth-order valence-electron chi connectivity index (χ4n) is 3.62. The fourth-order valence-corrected chi connectivity index (χ4v) is 3.62. The molecule has 138 valence electrons. The third kappa shape index (κ3) is 3.04. The molecule has 2 aliphatic rings. The van der Waals surface area contributed by atoms with E-state index < -0.39 is 0 Å². The van der Waals surface area contributed by atoms with Gasteiger partial charge in [0.05, 0.1) is 25.5 Å². The van der Waals surface area contributed by atoms with Crippen molar-refractivity contribution in [3.05, 3.63) is 53.5 Å². The van der Waals surface area contributed by atoms with Crippen LogP contribution in [0.4, 0.5) is 5.95 Å². The molecule has 0 bridgehead atoms. The topological polar surface area (TPSA) is 71.7 Å². The number of morpholine rings is 1. The van der Waals surface area contributed by atoms with Crippen LogP contribution in [0.15, 0.2) is 40.9 Å². The van der Waals surface area contributed by atoms with E-state index in [2.05, 4.69) is 9.88 Å². The van der Waals surface area contributed by atoms with Gasteiger partial charge in [-0.3, -0.25) is 4.79 Å². The van der Waals surface area contributed by atoms with Gasteiger partial charge in [0.25, 0.3) is 5.91 Å². The summed E-state index contributed by atoms with van der Waals surface area (Å²) in [5, 5.41) is 0.940. The zero-order chi connectivity index (χ0) is 18.2. The summed E-state index contributed by atoms with van der Waals surface area (Å²) < 4.78 is 11.1. The van der Waals surface area contributed by atoms with Gasteiger partial charge in [0.2, 0.25) is 5.95 Å². The minimum atomic E-state index is -0.0941. The van der Waals surface area contributed by atoms with Crippen molar-refractivity contribution in [3.63, 3.8) is 0 Å². The van der Waals surface area contributed by atoms with Crippen molar-refractivity contribution in [2.24, 2.45) is 0 Å². The second-order valence-corrected chi connectivity index (χ2v) is 6.87. The molecule has 27 heavy (non-hydrogen) atoms. The maximum absolute atomic E-state index is 12.9. The molecule has 2 aromatic heterocycles. The Kier molecular flexibility index (Phi) is 4.01. The summed E-state index contributed by atoms with van der Waals surface area (Å²) in [6.45, 7) is 4.09. The van der Waals surface area contributed by atoms with Crippen LogP contribution in [0.1, 0.15) is 21.8 Å². The molecular weight excluding hydrogens is 344 g/mol. The standard InChI is InChI=1S/C20H20N4O3/c25-19(18-11-14-3-1-2-4-17(14)27-18)24-6-5-15-12-21-20(22-16(15)13-24)23-7-9-26-10-8-23/h1-4,11-12H,5-10,13H2. The molecule has 0 radical (unpaired) electrons. The first kappa shape index (κ1) is 16.3. The van der Waals surface area contributed by atoms with E-state index in [4.69, 9.17) is 14.1 Å². The normalized spacial score (nSPS) is 17.2. The van der Waals surface area contributed by atoms with Crippen LogP contribution < -0.4 is 4.90 Å². The highest BCUT2D eigenvalue weighted by molar-refractivity contribution is 5.96. The predicted molar refractivity (Wildman–Crippen MR) is 99.7 cm³/mol. The first-order valence-corrected chi connectivity index (χ1v) is 9.23. The first-order valence-electron chi connectivity index (χ1n) is 9.23. The zero-order valence-corrected chi connectivity index (χ0v) is 14.9. The molecule has 2 aliphatic heterocycles. The highest BCUT2D eigenvalue weighted by atomic mass is 16.5. The smallest absolute Gasteiger partial charge is 0.289 e. The quantitative estimate of drug-likeness (QED) is 0.695. The molecule has 0 atom stereocenters. The van der Waals surface area contributed by atoms with E-state index in [1.54, 1.807) is 4.90 Å². The second kappa shape index (κ2) is 6.66. The molecule has 1 saturated heterocycles. The Labute approximate surface area is 156 Å². The highest BCUT2D eigenvalue weighted by Crippen LogP contribution is 2.24. The summed E-state index contributed by atoms with van der Waals surface area (Å²) in [5.74, 6) is 1.00. The molecule has 0 saturated carbocycles. The van der Waals surface area contributed by atoms with E-state index in [0.29, 0.717) is 32.1 Å². The Morgan fingerprint density at radius 2 is 1.96 bits per heavy atom. The van der Waals surface area contributed by atoms with Gasteiger partial charge < -0.3 is 19.0 Å². The minimum Gasteiger partial charge on any atom is -0.451 e. The van der Waals surface area contributed by atoms with Crippen LogP contribution in [-0.4, -0.2) is 53.6 Å². The van der Waals surface area contributed by atoms with Gasteiger partial charge in [-0.25, -0.2) is 9.97 Å². The third-order valence-corrected chi connectivity index (χ3v) is 5.15. The Morgan fingerprint density at radius 3 is 2.81 bits per heavy atom. The second-order valence-electron chi connectivity index (χ2n) is 6.87. The maximum Gasteiger partial charge on any atom is 0.289 e. The van der Waals surface area contributed by atoms with Gasteiger partial charge in [-0.05, 0) is 24.1 Å². The molecule has 3 aromatic rings. The number of nitrogens with zero attached hydrogens (tertiary/aromatic N) is 4. The minimum absolute atomic E-state index is 0.0941. The number of carbonyl (C=O) groups excluding carboxylic acids is 1. The summed E-state index contributed by atoms with van der Waals surface area (Å²) in [5.41, 5.74) is 2.76. The van der Waals surface area contributed by atoms with Crippen LogP contribution >= 0.6 is 0 Å². The lowest BCUT2D eigenvalue weighted by Crippen LogP contribution is -2.39. The summed E-state index contributed by atoms with van der Waals surface area (Å²) >= 11 is 0. The van der Waals surface area contributed by atoms with Gasteiger partial charge in [-0.2, -0.15) is 0 Å². The number of anilines is 1. The predicted octanol–water partition coefficient (Wildman–Crippen LogP) is 2.26. The van der Waals surface area contributed by atoms with Gasteiger partial charge in [0.1, 0.15) is 5.58 Å². The SMILES string of the molecule is O=C(c1cc2ccccc2o1)N1CCc2cnc(N3CCOCC3)nc2C1. The van der Waals surface area contributed by atoms with Crippen molar-refractivity contribution in [2.75, 3.05) is 37.7 Å². The molecule has 1 fully saturated rings. The van der Waals surface area contributed by atoms with E-state index >= 15 is 0 Å². The van der Waals surface area contributed by atoms with Crippen LogP contribution in [0.2, 0.25) is 0 Å². The highest BCUT2D eigenvalue weighted by Gasteiger charge is 2.26. The molecule has 7 heteroatoms. The van der Waals surface area contributed by atoms with Crippen molar-refractivity contribution < 1.29 is 13.9 Å². The van der Waals surface area contributed by atoms with Gasteiger partial charge >= 0.3 is 0 Å². The number of aromatic nitrogens is 2. The lowest BCUT2D eigenvalue weighted by Gasteiger charge is -2.30. The molecule has 0 spiro atoms. The summed E-state index contributed by atoms with van der Waals surface area (Å²) in [7, 11) is 0. The van der Waals surface area contributed by atoms with Crippen LogP contribution in [0.3, 0.4) is 0 Å². The van der Waals surface area contributed by atoms with Crippen molar-refractivity contribution >= 4 is 22.8 Å². The number of amides is 1. The summed E-state index contributed by atoms with van der Waals surface area (Å²) in [6, 6.07) is 9.48. The van der Waals surface area contributed by atoms with Gasteiger partial charge in [0, 0.05) is 31.2 Å². The van der Waals surface area contributed by atoms with Crippen molar-refractivity contribution in [1.82, 2.24) is 14.9 Å². The third-order valence-electron chi connectivity index (χ3n) is 5.15. The van der Waals surface area contributed by atoms with Gasteiger partial charge in [-0.1, -0.05) is 18.2 Å². The number of carbonyl (C=O) groups is 1. The van der Waals surface area contributed by atoms with Crippen LogP contribution in [0.5, 0.6) is 0 Å². The first-order chi connectivity index (χ1) is 13.3. The average Bonchev–Trinajstić information content (AvgIpc) is 3.17. The number of para-hydroxylation sites is 1. The van der Waals surface area contributed by atoms with Crippen LogP contribution in [0, 0.1) is 0 Å². The Bertz CT molecular complexity index is 961. The largest absolute Gasteiger partial charge is 0.451 e. The molecule has 1 aromatic carbocycles. The molecule has 0 unspecified atom stereocenters. The van der Waals surface area contributed by atoms with E-state index in [9.17, 15) is 4.79 Å². The van der Waals surface area contributed by atoms with Crippen molar-refractivity contribution in [3.8, 4) is 0 Å². The lowest BCUT2D eigenvalue weighted by molar-refractivity contribution is 0.0701. The van der Waals surface area contributed by atoms with E-state index in [0.717, 1.165) is 47.7 Å². The summed E-state index contributed by atoms with van der Waals surface area (Å²) in [6.07, 6.45) is 2.65. The van der Waals surface area contributed by atoms with Crippen LogP contribution in [-0.2, 0) is 17.7 Å². The molecule has 4 heterocycles. The lowest BCUT2D eigenvalue weighted by atomic mass is 10.1. The Balaban J connectivity index is 1.38. The molecular formula is C20H20N4O3. The maximum atomic E-state index is 12.9. The Hall–Kier alpha value is -2.93. The number of hydrogen-bond donors (Lipinski definition) is 0. The average molecular weight is 364 g/mol. The molecule has 5 rings (SSSR count). The number of hydrogen-bond acceptors (Lipinski definition) is 6. The zero-order valence-electron chi connectivity index (χ0n) is 14.9. The van der Waals surface area contributed by atoms with Crippen molar-refractivity contribution in [2.45, 2.75) is 13.0 Å². The number of benzene rings is 1. The number of fused-ring (bicyclic) bond motifs is 2.